The normalized spacial score (nSPS) is 12.3. The lowest BCUT2D eigenvalue weighted by Crippen LogP contribution is -2.07. The number of anilines is 1. The topological polar surface area (TPSA) is 63.8 Å². The monoisotopic (exact) mass is 352 g/mol. The molecule has 0 fully saturated rings. The fourth-order valence-corrected chi connectivity index (χ4v) is 3.86. The molecule has 3 aromatic heterocycles. The zero-order chi connectivity index (χ0) is 15.5. The molecule has 0 bridgehead atoms. The van der Waals surface area contributed by atoms with Crippen molar-refractivity contribution in [3.8, 4) is 0 Å². The van der Waals surface area contributed by atoms with Gasteiger partial charge < -0.3 is 9.73 Å². The first kappa shape index (κ1) is 15.3. The number of thioether (sulfide) groups is 1. The van der Waals surface area contributed by atoms with Gasteiger partial charge in [0.25, 0.3) is 0 Å². The molecule has 0 aromatic carbocycles. The van der Waals surface area contributed by atoms with E-state index < -0.39 is 0 Å². The molecular formula is C14H13ClN4OS2. The van der Waals surface area contributed by atoms with Crippen molar-refractivity contribution >= 4 is 40.5 Å². The molecule has 114 valence electrons. The molecule has 8 heteroatoms. The minimum absolute atomic E-state index is 0.144. The molecule has 0 saturated carbocycles. The molecular weight excluding hydrogens is 340 g/mol. The molecule has 0 aliphatic rings. The SMILES string of the molecule is Cc1ccc(C(Nc2ccc(Cl)cn2)Sc2nnc(C)s2)o1. The molecule has 1 N–H and O–H groups in total. The predicted octanol–water partition coefficient (Wildman–Crippen LogP) is 4.70. The Kier molecular flexibility index (Phi) is 4.66. The maximum atomic E-state index is 5.87. The van der Waals surface area contributed by atoms with Crippen LogP contribution in [0.2, 0.25) is 5.02 Å². The number of nitrogens with zero attached hydrogens (tertiary/aromatic N) is 3. The Balaban J connectivity index is 1.83. The van der Waals surface area contributed by atoms with Crippen LogP contribution >= 0.6 is 34.7 Å². The van der Waals surface area contributed by atoms with Gasteiger partial charge in [0.05, 0.1) is 5.02 Å². The van der Waals surface area contributed by atoms with Gasteiger partial charge in [0, 0.05) is 6.20 Å². The summed E-state index contributed by atoms with van der Waals surface area (Å²) < 4.78 is 6.61. The van der Waals surface area contributed by atoms with Crippen molar-refractivity contribution < 1.29 is 4.42 Å². The van der Waals surface area contributed by atoms with Gasteiger partial charge >= 0.3 is 0 Å². The van der Waals surface area contributed by atoms with Gasteiger partial charge in [-0.05, 0) is 38.1 Å². The number of halogens is 1. The molecule has 1 atom stereocenters. The van der Waals surface area contributed by atoms with Crippen molar-refractivity contribution in [1.82, 2.24) is 15.2 Å². The first-order valence-electron chi connectivity index (χ1n) is 6.51. The molecule has 3 rings (SSSR count). The predicted molar refractivity (Wildman–Crippen MR) is 89.6 cm³/mol. The van der Waals surface area contributed by atoms with Crippen LogP contribution in [0.15, 0.2) is 39.2 Å². The fraction of sp³-hybridized carbons (Fsp3) is 0.214. The average molecular weight is 353 g/mol. The summed E-state index contributed by atoms with van der Waals surface area (Å²) in [7, 11) is 0. The number of hydrogen-bond acceptors (Lipinski definition) is 7. The van der Waals surface area contributed by atoms with Crippen molar-refractivity contribution in [2.24, 2.45) is 0 Å². The van der Waals surface area contributed by atoms with Gasteiger partial charge in [0.15, 0.2) is 4.34 Å². The van der Waals surface area contributed by atoms with E-state index in [0.717, 1.165) is 26.7 Å². The Morgan fingerprint density at radius 3 is 2.68 bits per heavy atom. The fourth-order valence-electron chi connectivity index (χ4n) is 1.78. The standard InChI is InChI=1S/C14H13ClN4OS2/c1-8-3-5-11(20-8)13(22-14-19-18-9(2)21-14)17-12-6-4-10(15)7-16-12/h3-7,13H,1-2H3,(H,16,17). The van der Waals surface area contributed by atoms with Gasteiger partial charge in [-0.2, -0.15) is 0 Å². The van der Waals surface area contributed by atoms with E-state index in [4.69, 9.17) is 16.0 Å². The Morgan fingerprint density at radius 1 is 1.23 bits per heavy atom. The van der Waals surface area contributed by atoms with Gasteiger partial charge in [-0.25, -0.2) is 4.98 Å². The highest BCUT2D eigenvalue weighted by Crippen LogP contribution is 2.37. The van der Waals surface area contributed by atoms with Crippen LogP contribution in [0.1, 0.15) is 21.9 Å². The zero-order valence-electron chi connectivity index (χ0n) is 11.9. The second kappa shape index (κ2) is 6.68. The van der Waals surface area contributed by atoms with Crippen molar-refractivity contribution in [3.05, 3.63) is 52.0 Å². The highest BCUT2D eigenvalue weighted by molar-refractivity contribution is 8.01. The van der Waals surface area contributed by atoms with E-state index in [-0.39, 0.29) is 5.37 Å². The number of aryl methyl sites for hydroxylation is 2. The van der Waals surface area contributed by atoms with Crippen molar-refractivity contribution in [2.45, 2.75) is 23.6 Å². The summed E-state index contributed by atoms with van der Waals surface area (Å²) in [6, 6.07) is 7.51. The molecule has 5 nitrogen and oxygen atoms in total. The van der Waals surface area contributed by atoms with Crippen LogP contribution < -0.4 is 5.32 Å². The summed E-state index contributed by atoms with van der Waals surface area (Å²) in [5, 5.41) is 12.9. The summed E-state index contributed by atoms with van der Waals surface area (Å²) in [6.45, 7) is 3.85. The van der Waals surface area contributed by atoms with Crippen LogP contribution in [0.4, 0.5) is 5.82 Å². The summed E-state index contributed by atoms with van der Waals surface area (Å²) in [5.74, 6) is 2.39. The molecule has 0 saturated heterocycles. The Labute approximate surface area is 141 Å². The van der Waals surface area contributed by atoms with Crippen LogP contribution in [0.25, 0.3) is 0 Å². The minimum atomic E-state index is -0.144. The third-order valence-corrected chi connectivity index (χ3v) is 5.02. The summed E-state index contributed by atoms with van der Waals surface area (Å²) in [4.78, 5) is 4.27. The van der Waals surface area contributed by atoms with Crippen LogP contribution in [-0.4, -0.2) is 15.2 Å². The first-order chi connectivity index (χ1) is 10.6. The lowest BCUT2D eigenvalue weighted by Gasteiger charge is -2.15. The zero-order valence-corrected chi connectivity index (χ0v) is 14.3. The smallest absolute Gasteiger partial charge is 0.176 e. The van der Waals surface area contributed by atoms with Gasteiger partial charge in [0.2, 0.25) is 0 Å². The van der Waals surface area contributed by atoms with Crippen molar-refractivity contribution in [3.63, 3.8) is 0 Å². The van der Waals surface area contributed by atoms with E-state index in [1.165, 1.54) is 0 Å². The average Bonchev–Trinajstić information content (AvgIpc) is 3.09. The molecule has 0 amide bonds. The third kappa shape index (κ3) is 3.79. The second-order valence-electron chi connectivity index (χ2n) is 4.54. The first-order valence-corrected chi connectivity index (χ1v) is 8.59. The van der Waals surface area contributed by atoms with Crippen molar-refractivity contribution in [1.29, 1.82) is 0 Å². The summed E-state index contributed by atoms with van der Waals surface area (Å²) in [6.07, 6.45) is 1.61. The van der Waals surface area contributed by atoms with Crippen LogP contribution in [0.5, 0.6) is 0 Å². The number of furan rings is 1. The number of hydrogen-bond donors (Lipinski definition) is 1. The molecule has 3 aromatic rings. The number of nitrogens with one attached hydrogen (secondary N) is 1. The maximum Gasteiger partial charge on any atom is 0.176 e. The summed E-state index contributed by atoms with van der Waals surface area (Å²) >= 11 is 8.96. The Bertz CT molecular complexity index is 756. The molecule has 3 heterocycles. The van der Waals surface area contributed by atoms with Gasteiger partial charge in [-0.1, -0.05) is 34.7 Å². The highest BCUT2D eigenvalue weighted by Gasteiger charge is 2.19. The van der Waals surface area contributed by atoms with Crippen LogP contribution in [-0.2, 0) is 0 Å². The molecule has 0 aliphatic heterocycles. The maximum absolute atomic E-state index is 5.87. The number of rotatable bonds is 5. The van der Waals surface area contributed by atoms with Crippen LogP contribution in [0.3, 0.4) is 0 Å². The molecule has 0 aliphatic carbocycles. The molecule has 0 spiro atoms. The van der Waals surface area contributed by atoms with E-state index in [1.807, 2.05) is 32.0 Å². The Morgan fingerprint density at radius 2 is 2.09 bits per heavy atom. The van der Waals surface area contributed by atoms with Gasteiger partial charge in [0.1, 0.15) is 27.7 Å². The van der Waals surface area contributed by atoms with Gasteiger partial charge in [-0.15, -0.1) is 10.2 Å². The van der Waals surface area contributed by atoms with E-state index in [9.17, 15) is 0 Å². The largest absolute Gasteiger partial charge is 0.463 e. The molecule has 0 radical (unpaired) electrons. The molecule has 1 unspecified atom stereocenters. The van der Waals surface area contributed by atoms with E-state index in [0.29, 0.717) is 5.02 Å². The molecule has 22 heavy (non-hydrogen) atoms. The van der Waals surface area contributed by atoms with Gasteiger partial charge in [-0.3, -0.25) is 0 Å². The third-order valence-electron chi connectivity index (χ3n) is 2.75. The second-order valence-corrected chi connectivity index (χ2v) is 7.51. The lowest BCUT2D eigenvalue weighted by atomic mass is 10.4. The number of aromatic nitrogens is 3. The Hall–Kier alpha value is -1.57. The quantitative estimate of drug-likeness (QED) is 0.530. The lowest BCUT2D eigenvalue weighted by molar-refractivity contribution is 0.487. The van der Waals surface area contributed by atoms with E-state index >= 15 is 0 Å². The summed E-state index contributed by atoms with van der Waals surface area (Å²) in [5.41, 5.74) is 0. The van der Waals surface area contributed by atoms with Crippen molar-refractivity contribution in [2.75, 3.05) is 5.32 Å². The van der Waals surface area contributed by atoms with E-state index in [1.54, 1.807) is 35.4 Å². The van der Waals surface area contributed by atoms with E-state index in [2.05, 4.69) is 20.5 Å². The highest BCUT2D eigenvalue weighted by atomic mass is 35.5. The number of pyridine rings is 1. The minimum Gasteiger partial charge on any atom is -0.463 e. The van der Waals surface area contributed by atoms with Crippen LogP contribution in [0, 0.1) is 13.8 Å².